The summed E-state index contributed by atoms with van der Waals surface area (Å²) in [5.74, 6) is -0.00956. The van der Waals surface area contributed by atoms with E-state index in [0.29, 0.717) is 30.0 Å². The Labute approximate surface area is 184 Å². The van der Waals surface area contributed by atoms with E-state index in [1.165, 1.54) is 0 Å². The minimum absolute atomic E-state index is 0.236. The van der Waals surface area contributed by atoms with Crippen LogP contribution in [0.15, 0.2) is 22.6 Å². The number of carbonyl (C=O) groups excluding carboxylic acids is 1. The van der Waals surface area contributed by atoms with Crippen LogP contribution in [0.3, 0.4) is 0 Å². The highest BCUT2D eigenvalue weighted by Crippen LogP contribution is 2.28. The third-order valence-electron chi connectivity index (χ3n) is 4.58. The lowest BCUT2D eigenvalue weighted by Crippen LogP contribution is -2.58. The second-order valence-electron chi connectivity index (χ2n) is 7.02. The van der Waals surface area contributed by atoms with Crippen molar-refractivity contribution in [3.8, 4) is 6.08 Å². The van der Waals surface area contributed by atoms with Crippen LogP contribution in [0, 0.1) is 6.92 Å². The molecule has 31 heavy (non-hydrogen) atoms. The number of piperidine rings is 1. The monoisotopic (exact) mass is 475 g/mol. The van der Waals surface area contributed by atoms with Crippen molar-refractivity contribution in [1.82, 2.24) is 20.8 Å². The highest BCUT2D eigenvalue weighted by molar-refractivity contribution is 6.31. The maximum atomic E-state index is 12.6. The molecule has 8 nitrogen and oxygen atoms in total. The quantitative estimate of drug-likeness (QED) is 0.469. The van der Waals surface area contributed by atoms with E-state index in [4.69, 9.17) is 20.8 Å². The van der Waals surface area contributed by atoms with Gasteiger partial charge in [0.15, 0.2) is 0 Å². The molecular formula is C18H19ClF3N4O4Si. The molecule has 1 amide bonds. The first-order valence-electron chi connectivity index (χ1n) is 9.29. The van der Waals surface area contributed by atoms with Crippen molar-refractivity contribution in [2.45, 2.75) is 37.3 Å². The molecule has 2 N–H and O–H groups in total. The summed E-state index contributed by atoms with van der Waals surface area (Å²) in [6, 6.07) is 4.74. The minimum atomic E-state index is -4.72. The van der Waals surface area contributed by atoms with Gasteiger partial charge in [0.2, 0.25) is 5.89 Å². The van der Waals surface area contributed by atoms with Crippen LogP contribution in [0.5, 0.6) is 6.08 Å². The van der Waals surface area contributed by atoms with Crippen LogP contribution in [-0.4, -0.2) is 57.6 Å². The lowest BCUT2D eigenvalue weighted by atomic mass is 9.99. The van der Waals surface area contributed by atoms with Gasteiger partial charge in [-0.2, -0.15) is 0 Å². The maximum absolute atomic E-state index is 12.6. The van der Waals surface area contributed by atoms with Crippen molar-refractivity contribution >= 4 is 27.8 Å². The van der Waals surface area contributed by atoms with Crippen molar-refractivity contribution in [3.05, 3.63) is 40.2 Å². The zero-order valence-corrected chi connectivity index (χ0v) is 18.1. The first-order valence-corrected chi connectivity index (χ1v) is 10.2. The normalized spacial score (nSPS) is 21.7. The maximum Gasteiger partial charge on any atom is 0.522 e. The van der Waals surface area contributed by atoms with E-state index in [2.05, 4.69) is 35.8 Å². The molecule has 13 heteroatoms. The van der Waals surface area contributed by atoms with E-state index in [1.54, 1.807) is 18.2 Å². The Bertz CT molecular complexity index is 919. The number of ether oxygens (including phenoxy) is 2. The number of benzene rings is 1. The van der Waals surface area contributed by atoms with E-state index < -0.39 is 18.1 Å². The van der Waals surface area contributed by atoms with E-state index in [-0.39, 0.29) is 30.5 Å². The molecule has 2 aromatic rings. The van der Waals surface area contributed by atoms with Crippen LogP contribution < -0.4 is 15.4 Å². The molecule has 3 radical (unpaired) electrons. The van der Waals surface area contributed by atoms with Gasteiger partial charge in [-0.25, -0.2) is 0 Å². The van der Waals surface area contributed by atoms with Crippen LogP contribution in [0.25, 0.3) is 0 Å². The topological polar surface area (TPSA) is 98.5 Å². The van der Waals surface area contributed by atoms with Crippen molar-refractivity contribution in [2.75, 3.05) is 19.8 Å². The number of carbonyl (C=O) groups is 1. The number of nitrogens with one attached hydrogen (secondary N) is 2. The number of alkyl halides is 3. The molecule has 0 spiro atoms. The van der Waals surface area contributed by atoms with Gasteiger partial charge in [-0.15, -0.1) is 18.3 Å². The van der Waals surface area contributed by atoms with Crippen molar-refractivity contribution in [3.63, 3.8) is 0 Å². The average molecular weight is 476 g/mol. The highest BCUT2D eigenvalue weighted by atomic mass is 35.5. The van der Waals surface area contributed by atoms with Crippen LogP contribution in [0.1, 0.15) is 40.7 Å². The van der Waals surface area contributed by atoms with Gasteiger partial charge in [0.25, 0.3) is 5.91 Å². The van der Waals surface area contributed by atoms with Crippen LogP contribution in [0.4, 0.5) is 13.2 Å². The molecule has 0 bridgehead atoms. The number of hydrogen-bond acceptors (Lipinski definition) is 7. The van der Waals surface area contributed by atoms with E-state index in [1.807, 2.05) is 6.92 Å². The standard InChI is InChI=1S/C18H19ClF3N4O4Si/c1-10-8-11(2-3-12(10)19)14(27)24-17(31)5-4-13(23-9-17)15-25-26-16(30-15)28-6-7-29-18(20,21)22/h2-3,8,13,23H,4-7,9H2,1H3,(H,24,27)/t13-,17+/m1/s1. The zero-order chi connectivity index (χ0) is 22.6. The van der Waals surface area contributed by atoms with Gasteiger partial charge in [0.05, 0.1) is 22.9 Å². The second kappa shape index (κ2) is 9.55. The van der Waals surface area contributed by atoms with Crippen molar-refractivity contribution < 1.29 is 31.9 Å². The number of rotatable bonds is 7. The Morgan fingerprint density at radius 2 is 2.19 bits per heavy atom. The Morgan fingerprint density at radius 1 is 1.42 bits per heavy atom. The second-order valence-corrected chi connectivity index (χ2v) is 8.39. The molecule has 1 saturated heterocycles. The van der Waals surface area contributed by atoms with E-state index >= 15 is 0 Å². The van der Waals surface area contributed by atoms with Gasteiger partial charge < -0.3 is 19.8 Å². The van der Waals surface area contributed by atoms with E-state index in [0.717, 1.165) is 5.56 Å². The summed E-state index contributed by atoms with van der Waals surface area (Å²) in [7, 11) is 3.63. The fourth-order valence-corrected chi connectivity index (χ4v) is 3.45. The van der Waals surface area contributed by atoms with Gasteiger partial charge in [-0.05, 0) is 43.5 Å². The molecule has 2 heterocycles. The Kier molecular flexibility index (Phi) is 7.24. The highest BCUT2D eigenvalue weighted by Gasteiger charge is 2.35. The minimum Gasteiger partial charge on any atom is -0.447 e. The first kappa shape index (κ1) is 23.5. The summed E-state index contributed by atoms with van der Waals surface area (Å²) in [6.45, 7) is 1.10. The summed E-state index contributed by atoms with van der Waals surface area (Å²) < 4.78 is 49.7. The number of hydrogen-bond donors (Lipinski definition) is 2. The van der Waals surface area contributed by atoms with Gasteiger partial charge >= 0.3 is 12.4 Å². The van der Waals surface area contributed by atoms with Crippen LogP contribution >= 0.6 is 11.6 Å². The van der Waals surface area contributed by atoms with Crippen molar-refractivity contribution in [1.29, 1.82) is 0 Å². The smallest absolute Gasteiger partial charge is 0.447 e. The van der Waals surface area contributed by atoms with E-state index in [9.17, 15) is 18.0 Å². The van der Waals surface area contributed by atoms with Gasteiger partial charge in [-0.1, -0.05) is 16.7 Å². The molecule has 1 aromatic heterocycles. The third kappa shape index (κ3) is 6.66. The van der Waals surface area contributed by atoms with Crippen LogP contribution in [0.2, 0.25) is 5.02 Å². The summed E-state index contributed by atoms with van der Waals surface area (Å²) in [4.78, 5) is 12.6. The fraction of sp³-hybridized carbons (Fsp3) is 0.500. The summed E-state index contributed by atoms with van der Waals surface area (Å²) >= 11 is 6.00. The predicted molar refractivity (Wildman–Crippen MR) is 104 cm³/mol. The number of aryl methyl sites for hydroxylation is 1. The third-order valence-corrected chi connectivity index (χ3v) is 5.55. The molecule has 1 fully saturated rings. The van der Waals surface area contributed by atoms with Gasteiger partial charge in [0, 0.05) is 22.3 Å². The summed E-state index contributed by atoms with van der Waals surface area (Å²) in [5.41, 5.74) is 1.30. The number of aromatic nitrogens is 2. The fourth-order valence-electron chi connectivity index (χ4n) is 2.98. The summed E-state index contributed by atoms with van der Waals surface area (Å²) in [5, 5.41) is 13.6. The molecule has 2 atom stereocenters. The molecular weight excluding hydrogens is 457 g/mol. The lowest BCUT2D eigenvalue weighted by molar-refractivity contribution is -0.325. The molecule has 1 aromatic carbocycles. The zero-order valence-electron chi connectivity index (χ0n) is 16.4. The van der Waals surface area contributed by atoms with Crippen LogP contribution in [-0.2, 0) is 4.74 Å². The number of nitrogens with zero attached hydrogens (tertiary/aromatic N) is 2. The Balaban J connectivity index is 1.49. The molecule has 1 aliphatic rings. The SMILES string of the molecule is Cc1cc(C(=O)N[C@]2([Si])CC[C@H](c3nnc(OCCOC(F)(F)F)o3)NC2)ccc1Cl. The molecule has 167 valence electrons. The number of halogens is 4. The van der Waals surface area contributed by atoms with Gasteiger partial charge in [-0.3, -0.25) is 9.53 Å². The molecule has 0 unspecified atom stereocenters. The van der Waals surface area contributed by atoms with Gasteiger partial charge in [0.1, 0.15) is 6.61 Å². The largest absolute Gasteiger partial charge is 0.522 e. The molecule has 3 rings (SSSR count). The molecule has 0 aliphatic carbocycles. The predicted octanol–water partition coefficient (Wildman–Crippen LogP) is 2.67. The average Bonchev–Trinajstić information content (AvgIpc) is 3.16. The first-order chi connectivity index (χ1) is 14.5. The lowest BCUT2D eigenvalue weighted by Gasteiger charge is -2.37. The Morgan fingerprint density at radius 3 is 2.84 bits per heavy atom. The molecule has 1 aliphatic heterocycles. The Hall–Kier alpha value is -2.15. The summed E-state index contributed by atoms with van der Waals surface area (Å²) in [6.07, 6.45) is -3.87. The van der Waals surface area contributed by atoms with Crippen molar-refractivity contribution in [2.24, 2.45) is 0 Å². The molecule has 0 saturated carbocycles. The number of amides is 1.